The fourth-order valence-corrected chi connectivity index (χ4v) is 3.34. The largest absolute Gasteiger partial charge is 0.497 e. The number of ether oxygens (including phenoxy) is 2. The summed E-state index contributed by atoms with van der Waals surface area (Å²) in [6.07, 6.45) is 0.345. The number of methoxy groups -OCH3 is 1. The predicted molar refractivity (Wildman–Crippen MR) is 116 cm³/mol. The molecule has 0 bridgehead atoms. The van der Waals surface area contributed by atoms with Gasteiger partial charge in [-0.1, -0.05) is 42.1 Å². The molecule has 9 heteroatoms. The summed E-state index contributed by atoms with van der Waals surface area (Å²) in [6, 6.07) is 15.9. The number of hydrogen-bond donors (Lipinski definition) is 1. The fraction of sp³-hybridized carbons (Fsp3) is 0.273. The Morgan fingerprint density at radius 2 is 1.84 bits per heavy atom. The average molecular weight is 442 g/mol. The van der Waals surface area contributed by atoms with Gasteiger partial charge in [0, 0.05) is 12.0 Å². The number of hydrogen-bond acceptors (Lipinski definition) is 8. The molecule has 3 aromatic rings. The lowest BCUT2D eigenvalue weighted by molar-refractivity contribution is -0.147. The third-order valence-electron chi connectivity index (χ3n) is 4.26. The lowest BCUT2D eigenvalue weighted by atomic mass is 10.1. The van der Waals surface area contributed by atoms with Crippen LogP contribution in [0.5, 0.6) is 5.75 Å². The summed E-state index contributed by atoms with van der Waals surface area (Å²) in [5.74, 6) is 0.294. The van der Waals surface area contributed by atoms with Crippen molar-refractivity contribution in [3.63, 3.8) is 0 Å². The van der Waals surface area contributed by atoms with Gasteiger partial charge in [0.15, 0.2) is 0 Å². The van der Waals surface area contributed by atoms with Crippen molar-refractivity contribution in [2.24, 2.45) is 0 Å². The van der Waals surface area contributed by atoms with Gasteiger partial charge in [-0.25, -0.2) is 4.79 Å². The molecule has 0 aliphatic rings. The second-order valence-corrected chi connectivity index (χ2v) is 7.38. The van der Waals surface area contributed by atoms with Crippen LogP contribution in [0.1, 0.15) is 12.5 Å². The molecule has 1 atom stereocenters. The maximum absolute atomic E-state index is 12.4. The molecule has 1 aromatic heterocycles. The van der Waals surface area contributed by atoms with Gasteiger partial charge in [-0.05, 0) is 36.8 Å². The van der Waals surface area contributed by atoms with E-state index in [1.54, 1.807) is 38.3 Å². The first-order chi connectivity index (χ1) is 15.1. The maximum atomic E-state index is 12.4. The van der Waals surface area contributed by atoms with Gasteiger partial charge in [-0.3, -0.25) is 4.79 Å². The van der Waals surface area contributed by atoms with Crippen molar-refractivity contribution in [1.82, 2.24) is 15.5 Å². The van der Waals surface area contributed by atoms with E-state index in [-0.39, 0.29) is 23.5 Å². The summed E-state index contributed by atoms with van der Waals surface area (Å²) in [4.78, 5) is 24.7. The minimum Gasteiger partial charge on any atom is -0.497 e. The first-order valence-corrected chi connectivity index (χ1v) is 10.7. The molecule has 0 spiro atoms. The van der Waals surface area contributed by atoms with Crippen molar-refractivity contribution in [2.45, 2.75) is 24.6 Å². The summed E-state index contributed by atoms with van der Waals surface area (Å²) in [5.41, 5.74) is 1.67. The second kappa shape index (κ2) is 11.2. The van der Waals surface area contributed by atoms with E-state index in [0.29, 0.717) is 12.3 Å². The predicted octanol–water partition coefficient (Wildman–Crippen LogP) is 3.13. The highest BCUT2D eigenvalue weighted by molar-refractivity contribution is 7.99. The summed E-state index contributed by atoms with van der Waals surface area (Å²) in [5, 5.41) is 11.0. The molecule has 31 heavy (non-hydrogen) atoms. The van der Waals surface area contributed by atoms with Gasteiger partial charge in [-0.15, -0.1) is 10.2 Å². The number of benzene rings is 2. The van der Waals surface area contributed by atoms with Crippen LogP contribution in [0.15, 0.2) is 64.2 Å². The summed E-state index contributed by atoms with van der Waals surface area (Å²) < 4.78 is 15.8. The van der Waals surface area contributed by atoms with Crippen molar-refractivity contribution < 1.29 is 23.5 Å². The van der Waals surface area contributed by atoms with Gasteiger partial charge < -0.3 is 19.2 Å². The van der Waals surface area contributed by atoms with Gasteiger partial charge in [0.2, 0.25) is 11.8 Å². The van der Waals surface area contributed by atoms with Crippen LogP contribution in [0, 0.1) is 0 Å². The molecule has 0 aliphatic heterocycles. The summed E-state index contributed by atoms with van der Waals surface area (Å²) >= 11 is 1.10. The number of rotatable bonds is 10. The minimum atomic E-state index is -0.770. The van der Waals surface area contributed by atoms with E-state index in [9.17, 15) is 9.59 Å². The highest BCUT2D eigenvalue weighted by Crippen LogP contribution is 2.24. The Morgan fingerprint density at radius 1 is 1.10 bits per heavy atom. The molecular formula is C22H23N3O5S. The molecule has 2 aromatic carbocycles. The Hall–Kier alpha value is -3.33. The van der Waals surface area contributed by atoms with Crippen LogP contribution in [-0.4, -0.2) is 47.6 Å². The van der Waals surface area contributed by atoms with Gasteiger partial charge in [0.1, 0.15) is 11.8 Å². The first kappa shape index (κ1) is 22.4. The molecule has 0 saturated heterocycles. The molecule has 0 aliphatic carbocycles. The standard InChI is InChI=1S/C22H23N3O5S/c1-3-29-21(27)18(13-15-7-5-4-6-8-15)23-19(26)14-31-22-25-24-20(30-22)16-9-11-17(28-2)12-10-16/h4-12,18H,3,13-14H2,1-2H3,(H,23,26). The van der Waals surface area contributed by atoms with E-state index in [4.69, 9.17) is 13.9 Å². The molecule has 3 rings (SSSR count). The third-order valence-corrected chi connectivity index (χ3v) is 5.08. The second-order valence-electron chi connectivity index (χ2n) is 6.45. The van der Waals surface area contributed by atoms with Crippen molar-refractivity contribution in [2.75, 3.05) is 19.5 Å². The number of nitrogens with zero attached hydrogens (tertiary/aromatic N) is 2. The zero-order chi connectivity index (χ0) is 22.1. The van der Waals surface area contributed by atoms with Gasteiger partial charge in [0.05, 0.1) is 19.5 Å². The van der Waals surface area contributed by atoms with Crippen molar-refractivity contribution in [1.29, 1.82) is 0 Å². The van der Waals surface area contributed by atoms with E-state index in [2.05, 4.69) is 15.5 Å². The molecule has 8 nitrogen and oxygen atoms in total. The molecule has 162 valence electrons. The zero-order valence-electron chi connectivity index (χ0n) is 17.2. The van der Waals surface area contributed by atoms with Crippen LogP contribution in [-0.2, 0) is 20.7 Å². The van der Waals surface area contributed by atoms with E-state index in [1.165, 1.54) is 0 Å². The Kier molecular flexibility index (Phi) is 8.05. The topological polar surface area (TPSA) is 104 Å². The van der Waals surface area contributed by atoms with Crippen LogP contribution < -0.4 is 10.1 Å². The quantitative estimate of drug-likeness (QED) is 0.378. The van der Waals surface area contributed by atoms with Crippen molar-refractivity contribution in [3.8, 4) is 17.2 Å². The summed E-state index contributed by atoms with van der Waals surface area (Å²) in [7, 11) is 1.59. The monoisotopic (exact) mass is 441 g/mol. The zero-order valence-corrected chi connectivity index (χ0v) is 18.1. The number of aromatic nitrogens is 2. The number of esters is 1. The highest BCUT2D eigenvalue weighted by Gasteiger charge is 2.23. The fourth-order valence-electron chi connectivity index (χ4n) is 2.77. The number of carbonyl (C=O) groups is 2. The number of nitrogens with one attached hydrogen (secondary N) is 1. The lowest BCUT2D eigenvalue weighted by Gasteiger charge is -2.17. The summed E-state index contributed by atoms with van der Waals surface area (Å²) in [6.45, 7) is 1.97. The minimum absolute atomic E-state index is 0.0228. The van der Waals surface area contributed by atoms with Crippen LogP contribution in [0.2, 0.25) is 0 Å². The van der Waals surface area contributed by atoms with Crippen molar-refractivity contribution in [3.05, 3.63) is 60.2 Å². The average Bonchev–Trinajstić information content (AvgIpc) is 3.27. The highest BCUT2D eigenvalue weighted by atomic mass is 32.2. The smallest absolute Gasteiger partial charge is 0.328 e. The molecule has 0 fully saturated rings. The maximum Gasteiger partial charge on any atom is 0.328 e. The molecule has 1 unspecified atom stereocenters. The van der Waals surface area contributed by atoms with Crippen LogP contribution in [0.4, 0.5) is 0 Å². The van der Waals surface area contributed by atoms with E-state index in [1.807, 2.05) is 30.3 Å². The number of carbonyl (C=O) groups excluding carboxylic acids is 2. The first-order valence-electron chi connectivity index (χ1n) is 9.69. The van der Waals surface area contributed by atoms with Crippen LogP contribution >= 0.6 is 11.8 Å². The van der Waals surface area contributed by atoms with Gasteiger partial charge in [-0.2, -0.15) is 0 Å². The number of thioether (sulfide) groups is 1. The Balaban J connectivity index is 1.57. The SMILES string of the molecule is CCOC(=O)C(Cc1ccccc1)NC(=O)CSc1nnc(-c2ccc(OC)cc2)o1. The molecule has 1 amide bonds. The molecule has 1 N–H and O–H groups in total. The Bertz CT molecular complexity index is 992. The van der Waals surface area contributed by atoms with Gasteiger partial charge in [0.25, 0.3) is 5.22 Å². The third kappa shape index (κ3) is 6.58. The normalized spacial score (nSPS) is 11.5. The molecule has 0 saturated carbocycles. The van der Waals surface area contributed by atoms with E-state index >= 15 is 0 Å². The number of amides is 1. The Morgan fingerprint density at radius 3 is 2.52 bits per heavy atom. The molecular weight excluding hydrogens is 418 g/mol. The van der Waals surface area contributed by atoms with Crippen LogP contribution in [0.3, 0.4) is 0 Å². The lowest BCUT2D eigenvalue weighted by Crippen LogP contribution is -2.44. The van der Waals surface area contributed by atoms with Gasteiger partial charge >= 0.3 is 5.97 Å². The molecule has 0 radical (unpaired) electrons. The molecule has 1 heterocycles. The van der Waals surface area contributed by atoms with E-state index < -0.39 is 12.0 Å². The Labute approximate surface area is 184 Å². The van der Waals surface area contributed by atoms with Crippen molar-refractivity contribution >= 4 is 23.6 Å². The van der Waals surface area contributed by atoms with Crippen LogP contribution in [0.25, 0.3) is 11.5 Å². The van der Waals surface area contributed by atoms with E-state index in [0.717, 1.165) is 28.6 Å².